The van der Waals surface area contributed by atoms with Crippen LogP contribution in [0.2, 0.25) is 0 Å². The van der Waals surface area contributed by atoms with E-state index in [2.05, 4.69) is 11.9 Å². The highest BCUT2D eigenvalue weighted by Crippen LogP contribution is 2.17. The Morgan fingerprint density at radius 3 is 2.87 bits per heavy atom. The smallest absolute Gasteiger partial charge is 0.119 e. The summed E-state index contributed by atoms with van der Waals surface area (Å²) in [6.07, 6.45) is 2.61. The fourth-order valence-corrected chi connectivity index (χ4v) is 2.14. The SMILES string of the molecule is CN1CCC[C@@H](COc2ccccc2)C1. The van der Waals surface area contributed by atoms with Gasteiger partial charge in [0.2, 0.25) is 0 Å². The van der Waals surface area contributed by atoms with E-state index >= 15 is 0 Å². The van der Waals surface area contributed by atoms with Crippen LogP contribution in [-0.4, -0.2) is 31.6 Å². The van der Waals surface area contributed by atoms with Gasteiger partial charge in [-0.05, 0) is 38.6 Å². The lowest BCUT2D eigenvalue weighted by molar-refractivity contribution is 0.150. The monoisotopic (exact) mass is 205 g/mol. The Morgan fingerprint density at radius 2 is 2.13 bits per heavy atom. The Labute approximate surface area is 91.9 Å². The molecule has 2 heteroatoms. The fourth-order valence-electron chi connectivity index (χ4n) is 2.14. The van der Waals surface area contributed by atoms with Crippen molar-refractivity contribution in [3.8, 4) is 5.75 Å². The molecule has 1 aromatic carbocycles. The Kier molecular flexibility index (Phi) is 3.62. The molecule has 1 saturated heterocycles. The molecule has 1 fully saturated rings. The molecule has 2 nitrogen and oxygen atoms in total. The minimum atomic E-state index is 0.698. The van der Waals surface area contributed by atoms with Crippen molar-refractivity contribution in [1.82, 2.24) is 4.90 Å². The van der Waals surface area contributed by atoms with Gasteiger partial charge < -0.3 is 9.64 Å². The van der Waals surface area contributed by atoms with E-state index in [-0.39, 0.29) is 0 Å². The maximum absolute atomic E-state index is 5.77. The van der Waals surface area contributed by atoms with Crippen LogP contribution >= 0.6 is 0 Å². The van der Waals surface area contributed by atoms with Crippen LogP contribution in [0.5, 0.6) is 5.75 Å². The number of nitrogens with zero attached hydrogens (tertiary/aromatic N) is 1. The fraction of sp³-hybridized carbons (Fsp3) is 0.538. The summed E-state index contributed by atoms with van der Waals surface area (Å²) < 4.78 is 5.77. The summed E-state index contributed by atoms with van der Waals surface area (Å²) in [5, 5.41) is 0. The number of piperidine rings is 1. The van der Waals surface area contributed by atoms with Crippen molar-refractivity contribution in [3.05, 3.63) is 30.3 Å². The minimum absolute atomic E-state index is 0.698. The number of hydrogen-bond acceptors (Lipinski definition) is 2. The molecule has 1 atom stereocenters. The van der Waals surface area contributed by atoms with Gasteiger partial charge in [-0.2, -0.15) is 0 Å². The summed E-state index contributed by atoms with van der Waals surface area (Å²) in [4.78, 5) is 2.39. The highest BCUT2D eigenvalue weighted by molar-refractivity contribution is 5.20. The molecule has 0 aliphatic carbocycles. The number of likely N-dealkylation sites (tertiary alicyclic amines) is 1. The molecule has 1 heterocycles. The van der Waals surface area contributed by atoms with Crippen LogP contribution in [0.4, 0.5) is 0 Å². The molecule has 1 aliphatic heterocycles. The molecule has 1 aromatic rings. The van der Waals surface area contributed by atoms with Gasteiger partial charge in [-0.1, -0.05) is 18.2 Å². The molecule has 0 spiro atoms. The zero-order valence-corrected chi connectivity index (χ0v) is 9.36. The number of rotatable bonds is 3. The Morgan fingerprint density at radius 1 is 1.33 bits per heavy atom. The van der Waals surface area contributed by atoms with Crippen LogP contribution in [-0.2, 0) is 0 Å². The molecule has 0 unspecified atom stereocenters. The highest BCUT2D eigenvalue weighted by Gasteiger charge is 2.17. The van der Waals surface area contributed by atoms with Crippen LogP contribution in [0.3, 0.4) is 0 Å². The quantitative estimate of drug-likeness (QED) is 0.751. The molecular formula is C13H19NO. The summed E-state index contributed by atoms with van der Waals surface area (Å²) in [6.45, 7) is 3.27. The van der Waals surface area contributed by atoms with E-state index in [0.29, 0.717) is 5.92 Å². The number of hydrogen-bond donors (Lipinski definition) is 0. The average Bonchev–Trinajstić information content (AvgIpc) is 2.28. The normalized spacial score (nSPS) is 22.6. The van der Waals surface area contributed by atoms with E-state index in [4.69, 9.17) is 4.74 Å². The first-order valence-electron chi connectivity index (χ1n) is 5.71. The first-order valence-corrected chi connectivity index (χ1v) is 5.71. The second-order valence-electron chi connectivity index (χ2n) is 4.39. The van der Waals surface area contributed by atoms with Crippen molar-refractivity contribution < 1.29 is 4.74 Å². The van der Waals surface area contributed by atoms with Gasteiger partial charge in [-0.15, -0.1) is 0 Å². The summed E-state index contributed by atoms with van der Waals surface area (Å²) in [6, 6.07) is 10.1. The molecule has 0 radical (unpaired) electrons. The predicted molar refractivity (Wildman–Crippen MR) is 62.2 cm³/mol. The van der Waals surface area contributed by atoms with Crippen molar-refractivity contribution in [2.45, 2.75) is 12.8 Å². The van der Waals surface area contributed by atoms with Crippen LogP contribution in [0.25, 0.3) is 0 Å². The summed E-state index contributed by atoms with van der Waals surface area (Å²) in [5.74, 6) is 1.69. The zero-order chi connectivity index (χ0) is 10.5. The topological polar surface area (TPSA) is 12.5 Å². The first-order chi connectivity index (χ1) is 7.34. The van der Waals surface area contributed by atoms with Crippen molar-refractivity contribution >= 4 is 0 Å². The molecule has 1 aliphatic rings. The van der Waals surface area contributed by atoms with Crippen LogP contribution in [0.15, 0.2) is 30.3 Å². The first kappa shape index (κ1) is 10.5. The van der Waals surface area contributed by atoms with Gasteiger partial charge in [0, 0.05) is 12.5 Å². The maximum Gasteiger partial charge on any atom is 0.119 e. The molecule has 0 aromatic heterocycles. The van der Waals surface area contributed by atoms with Crippen LogP contribution < -0.4 is 4.74 Å². The summed E-state index contributed by atoms with van der Waals surface area (Å²) in [5.41, 5.74) is 0. The van der Waals surface area contributed by atoms with E-state index in [1.807, 2.05) is 30.3 Å². The largest absolute Gasteiger partial charge is 0.493 e. The second-order valence-corrected chi connectivity index (χ2v) is 4.39. The lowest BCUT2D eigenvalue weighted by atomic mass is 10.00. The van der Waals surface area contributed by atoms with E-state index < -0.39 is 0 Å². The Bertz CT molecular complexity index is 286. The third-order valence-electron chi connectivity index (χ3n) is 2.95. The molecule has 0 N–H and O–H groups in total. The van der Waals surface area contributed by atoms with Gasteiger partial charge in [-0.3, -0.25) is 0 Å². The number of para-hydroxylation sites is 1. The standard InChI is InChI=1S/C13H19NO/c1-14-9-5-6-12(10-14)11-15-13-7-3-2-4-8-13/h2-4,7-8,12H,5-6,9-11H2,1H3/t12-/m1/s1. The zero-order valence-electron chi connectivity index (χ0n) is 9.36. The Balaban J connectivity index is 1.78. The van der Waals surface area contributed by atoms with Crippen molar-refractivity contribution in [2.24, 2.45) is 5.92 Å². The van der Waals surface area contributed by atoms with Gasteiger partial charge in [0.05, 0.1) is 6.61 Å². The van der Waals surface area contributed by atoms with Crippen molar-refractivity contribution in [2.75, 3.05) is 26.7 Å². The van der Waals surface area contributed by atoms with Gasteiger partial charge in [-0.25, -0.2) is 0 Å². The van der Waals surface area contributed by atoms with Crippen molar-refractivity contribution in [1.29, 1.82) is 0 Å². The van der Waals surface area contributed by atoms with Gasteiger partial charge in [0.25, 0.3) is 0 Å². The van der Waals surface area contributed by atoms with E-state index in [0.717, 1.165) is 12.4 Å². The molecule has 82 valence electrons. The van der Waals surface area contributed by atoms with Crippen LogP contribution in [0.1, 0.15) is 12.8 Å². The lowest BCUT2D eigenvalue weighted by Gasteiger charge is -2.29. The molecule has 2 rings (SSSR count). The third-order valence-corrected chi connectivity index (χ3v) is 2.95. The second kappa shape index (κ2) is 5.17. The van der Waals surface area contributed by atoms with Crippen molar-refractivity contribution in [3.63, 3.8) is 0 Å². The molecule has 0 saturated carbocycles. The van der Waals surface area contributed by atoms with Gasteiger partial charge in [0.15, 0.2) is 0 Å². The molecule has 0 amide bonds. The number of ether oxygens (including phenoxy) is 1. The minimum Gasteiger partial charge on any atom is -0.493 e. The Hall–Kier alpha value is -1.02. The van der Waals surface area contributed by atoms with E-state index in [1.165, 1.54) is 25.9 Å². The average molecular weight is 205 g/mol. The van der Waals surface area contributed by atoms with Crippen LogP contribution in [0, 0.1) is 5.92 Å². The molecular weight excluding hydrogens is 186 g/mol. The summed E-state index contributed by atoms with van der Waals surface area (Å²) >= 11 is 0. The number of benzene rings is 1. The van der Waals surface area contributed by atoms with Gasteiger partial charge >= 0.3 is 0 Å². The maximum atomic E-state index is 5.77. The molecule has 0 bridgehead atoms. The summed E-state index contributed by atoms with van der Waals surface area (Å²) in [7, 11) is 2.19. The lowest BCUT2D eigenvalue weighted by Crippen LogP contribution is -2.34. The third kappa shape index (κ3) is 3.24. The van der Waals surface area contributed by atoms with Gasteiger partial charge in [0.1, 0.15) is 5.75 Å². The predicted octanol–water partition coefficient (Wildman–Crippen LogP) is 2.41. The highest BCUT2D eigenvalue weighted by atomic mass is 16.5. The van der Waals surface area contributed by atoms with E-state index in [9.17, 15) is 0 Å². The van der Waals surface area contributed by atoms with E-state index in [1.54, 1.807) is 0 Å². The molecule has 15 heavy (non-hydrogen) atoms.